The summed E-state index contributed by atoms with van der Waals surface area (Å²) in [4.78, 5) is 4.26. The first-order chi connectivity index (χ1) is 13.7. The minimum Gasteiger partial charge on any atom is -0.457 e. The van der Waals surface area contributed by atoms with Crippen LogP contribution in [0, 0.1) is 5.92 Å². The second-order valence-corrected chi connectivity index (χ2v) is 7.50. The van der Waals surface area contributed by atoms with Crippen molar-refractivity contribution in [3.05, 3.63) is 65.4 Å². The van der Waals surface area contributed by atoms with Gasteiger partial charge in [0.2, 0.25) is 0 Å². The number of fused-ring (bicyclic) bond motifs is 2. The van der Waals surface area contributed by atoms with Crippen molar-refractivity contribution < 1.29 is 4.74 Å². The molecule has 0 bridgehead atoms. The number of aliphatic imine (C=N–C) groups is 1. The zero-order valence-electron chi connectivity index (χ0n) is 17.5. The van der Waals surface area contributed by atoms with Gasteiger partial charge in [-0.2, -0.15) is 0 Å². The van der Waals surface area contributed by atoms with Gasteiger partial charge in [0.05, 0.1) is 0 Å². The van der Waals surface area contributed by atoms with Crippen molar-refractivity contribution in [2.24, 2.45) is 10.9 Å². The van der Waals surface area contributed by atoms with Crippen LogP contribution >= 0.6 is 0 Å². The van der Waals surface area contributed by atoms with Gasteiger partial charge in [-0.25, -0.2) is 0 Å². The molecule has 2 aromatic rings. The summed E-state index contributed by atoms with van der Waals surface area (Å²) in [5.41, 5.74) is 4.93. The fourth-order valence-electron chi connectivity index (χ4n) is 4.16. The Balaban J connectivity index is 2.01. The van der Waals surface area contributed by atoms with Crippen LogP contribution in [0.5, 0.6) is 11.5 Å². The molecule has 0 saturated carbocycles. The average molecular weight is 377 g/mol. The van der Waals surface area contributed by atoms with E-state index >= 15 is 0 Å². The molecule has 3 nitrogen and oxygen atoms in total. The molecule has 1 aliphatic rings. The Bertz CT molecular complexity index is 853. The van der Waals surface area contributed by atoms with Crippen molar-refractivity contribution in [1.82, 2.24) is 5.32 Å². The van der Waals surface area contributed by atoms with Gasteiger partial charge in [0.15, 0.2) is 0 Å². The van der Waals surface area contributed by atoms with E-state index in [0.29, 0.717) is 11.8 Å². The number of allylic oxidation sites excluding steroid dienone is 1. The molecule has 0 saturated heterocycles. The van der Waals surface area contributed by atoms with Crippen LogP contribution < -0.4 is 10.1 Å². The standard InChI is InChI=1S/C25H32N2O/c1-5-19(10-9-15-26-4)25-21-11-7-8-12-23(21)28-24-16-20(13-14-22(24)25)18(3)17-27-6-2/h6-8,11-14,16-17,19,25-26H,5,9-10,15H2,1-4H3/b18-17+,27-6?. The number of benzene rings is 2. The number of nitrogens with zero attached hydrogens (tertiary/aromatic N) is 1. The van der Waals surface area contributed by atoms with Crippen molar-refractivity contribution in [2.45, 2.75) is 46.0 Å². The number of hydrogen-bond donors (Lipinski definition) is 1. The lowest BCUT2D eigenvalue weighted by Crippen LogP contribution is -2.20. The normalized spacial score (nSPS) is 17.1. The van der Waals surface area contributed by atoms with E-state index < -0.39 is 0 Å². The SMILES string of the molecule is CC=N/C=C(\C)c1ccc2c(c1)Oc1ccccc1C2C(CC)CCCNC. The monoisotopic (exact) mass is 376 g/mol. The molecule has 2 atom stereocenters. The Morgan fingerprint density at radius 2 is 1.96 bits per heavy atom. The van der Waals surface area contributed by atoms with Crippen LogP contribution in [0.2, 0.25) is 0 Å². The van der Waals surface area contributed by atoms with Gasteiger partial charge in [-0.15, -0.1) is 0 Å². The topological polar surface area (TPSA) is 33.6 Å². The minimum atomic E-state index is 0.383. The molecule has 1 N–H and O–H groups in total. The number of hydrogen-bond acceptors (Lipinski definition) is 3. The average Bonchev–Trinajstić information content (AvgIpc) is 2.73. The third kappa shape index (κ3) is 4.36. The molecule has 2 aromatic carbocycles. The van der Waals surface area contributed by atoms with E-state index in [2.05, 4.69) is 66.6 Å². The first kappa shape index (κ1) is 20.3. The molecule has 3 heteroatoms. The Morgan fingerprint density at radius 3 is 2.71 bits per heavy atom. The predicted octanol–water partition coefficient (Wildman–Crippen LogP) is 6.40. The summed E-state index contributed by atoms with van der Waals surface area (Å²) in [5, 5.41) is 3.28. The van der Waals surface area contributed by atoms with Crippen LogP contribution in [0.4, 0.5) is 0 Å². The summed E-state index contributed by atoms with van der Waals surface area (Å²) in [6, 6.07) is 15.2. The molecule has 1 aliphatic heterocycles. The lowest BCUT2D eigenvalue weighted by Gasteiger charge is -2.34. The summed E-state index contributed by atoms with van der Waals surface area (Å²) >= 11 is 0. The summed E-state index contributed by atoms with van der Waals surface area (Å²) in [5.74, 6) is 2.97. The van der Waals surface area contributed by atoms with Crippen molar-refractivity contribution in [3.8, 4) is 11.5 Å². The van der Waals surface area contributed by atoms with Crippen LogP contribution in [0.25, 0.3) is 5.57 Å². The molecule has 0 amide bonds. The van der Waals surface area contributed by atoms with E-state index in [9.17, 15) is 0 Å². The van der Waals surface area contributed by atoms with Crippen LogP contribution in [0.1, 0.15) is 62.6 Å². The predicted molar refractivity (Wildman–Crippen MR) is 120 cm³/mol. The first-order valence-corrected chi connectivity index (χ1v) is 10.4. The quantitative estimate of drug-likeness (QED) is 0.427. The molecular weight excluding hydrogens is 344 g/mol. The van der Waals surface area contributed by atoms with E-state index in [1.165, 1.54) is 24.0 Å². The van der Waals surface area contributed by atoms with E-state index in [-0.39, 0.29) is 0 Å². The zero-order valence-corrected chi connectivity index (χ0v) is 17.5. The molecule has 0 aromatic heterocycles. The summed E-state index contributed by atoms with van der Waals surface area (Å²) < 4.78 is 6.35. The van der Waals surface area contributed by atoms with Crippen LogP contribution in [-0.4, -0.2) is 19.8 Å². The highest BCUT2D eigenvalue weighted by Crippen LogP contribution is 2.49. The Labute approximate surface area is 169 Å². The molecule has 148 valence electrons. The number of rotatable bonds is 8. The molecule has 0 aliphatic carbocycles. The van der Waals surface area contributed by atoms with Gasteiger partial charge >= 0.3 is 0 Å². The largest absolute Gasteiger partial charge is 0.457 e. The lowest BCUT2D eigenvalue weighted by molar-refractivity contribution is 0.364. The molecule has 3 rings (SSSR count). The van der Waals surface area contributed by atoms with Gasteiger partial charge < -0.3 is 10.1 Å². The number of para-hydroxylation sites is 1. The van der Waals surface area contributed by atoms with Crippen molar-refractivity contribution in [3.63, 3.8) is 0 Å². The smallest absolute Gasteiger partial charge is 0.131 e. The van der Waals surface area contributed by atoms with Crippen molar-refractivity contribution in [2.75, 3.05) is 13.6 Å². The highest BCUT2D eigenvalue weighted by atomic mass is 16.5. The van der Waals surface area contributed by atoms with E-state index in [0.717, 1.165) is 35.6 Å². The highest BCUT2D eigenvalue weighted by Gasteiger charge is 2.32. The summed E-state index contributed by atoms with van der Waals surface area (Å²) in [6.07, 6.45) is 7.28. The van der Waals surface area contributed by atoms with E-state index in [1.807, 2.05) is 26.4 Å². The van der Waals surface area contributed by atoms with Crippen LogP contribution in [0.15, 0.2) is 53.7 Å². The second-order valence-electron chi connectivity index (χ2n) is 7.50. The molecule has 2 unspecified atom stereocenters. The molecule has 0 spiro atoms. The summed E-state index contributed by atoms with van der Waals surface area (Å²) in [7, 11) is 2.03. The maximum Gasteiger partial charge on any atom is 0.131 e. The molecule has 28 heavy (non-hydrogen) atoms. The maximum absolute atomic E-state index is 6.35. The highest BCUT2D eigenvalue weighted by molar-refractivity contribution is 5.69. The van der Waals surface area contributed by atoms with Crippen LogP contribution in [0.3, 0.4) is 0 Å². The second kappa shape index (κ2) is 9.70. The summed E-state index contributed by atoms with van der Waals surface area (Å²) in [6.45, 7) is 7.40. The molecule has 0 radical (unpaired) electrons. The Morgan fingerprint density at radius 1 is 1.18 bits per heavy atom. The fraction of sp³-hybridized carbons (Fsp3) is 0.400. The molecular formula is C25H32N2O. The lowest BCUT2D eigenvalue weighted by atomic mass is 9.75. The fourth-order valence-corrected chi connectivity index (χ4v) is 4.16. The first-order valence-electron chi connectivity index (χ1n) is 10.4. The van der Waals surface area contributed by atoms with E-state index in [1.54, 1.807) is 0 Å². The third-order valence-corrected chi connectivity index (χ3v) is 5.69. The van der Waals surface area contributed by atoms with Crippen LogP contribution in [-0.2, 0) is 0 Å². The van der Waals surface area contributed by atoms with Gasteiger partial charge in [-0.3, -0.25) is 4.99 Å². The molecule has 1 heterocycles. The van der Waals surface area contributed by atoms with Gasteiger partial charge in [0.25, 0.3) is 0 Å². The zero-order chi connectivity index (χ0) is 19.9. The maximum atomic E-state index is 6.35. The third-order valence-electron chi connectivity index (χ3n) is 5.69. The Hall–Kier alpha value is -2.39. The number of ether oxygens (including phenoxy) is 1. The number of nitrogens with one attached hydrogen (secondary N) is 1. The Kier molecular flexibility index (Phi) is 7.05. The van der Waals surface area contributed by atoms with Gasteiger partial charge in [-0.1, -0.05) is 43.7 Å². The van der Waals surface area contributed by atoms with Gasteiger partial charge in [0, 0.05) is 29.5 Å². The molecule has 0 fully saturated rings. The van der Waals surface area contributed by atoms with Gasteiger partial charge in [0.1, 0.15) is 11.5 Å². The van der Waals surface area contributed by atoms with Crippen molar-refractivity contribution in [1.29, 1.82) is 0 Å². The van der Waals surface area contributed by atoms with Crippen molar-refractivity contribution >= 4 is 11.8 Å². The van der Waals surface area contributed by atoms with E-state index in [4.69, 9.17) is 4.74 Å². The van der Waals surface area contributed by atoms with Gasteiger partial charge in [-0.05, 0) is 69.5 Å². The minimum absolute atomic E-state index is 0.383.